The molecule has 3 rings (SSSR count). The number of hydrogen-bond donors (Lipinski definition) is 0. The number of hydrogen-bond acceptors (Lipinski definition) is 2. The predicted octanol–water partition coefficient (Wildman–Crippen LogP) is 3.78. The van der Waals surface area contributed by atoms with Crippen LogP contribution in [0.3, 0.4) is 0 Å². The lowest BCUT2D eigenvalue weighted by Crippen LogP contribution is -2.37. The Morgan fingerprint density at radius 2 is 1.81 bits per heavy atom. The lowest BCUT2D eigenvalue weighted by molar-refractivity contribution is -0.136. The smallest absolute Gasteiger partial charge is 0.228 e. The van der Waals surface area contributed by atoms with Crippen LogP contribution in [0, 0.1) is 5.92 Å². The summed E-state index contributed by atoms with van der Waals surface area (Å²) in [5.74, 6) is -0.104. The van der Waals surface area contributed by atoms with Crippen LogP contribution < -0.4 is 0 Å². The van der Waals surface area contributed by atoms with Gasteiger partial charge in [-0.15, -0.1) is 0 Å². The van der Waals surface area contributed by atoms with Crippen molar-refractivity contribution in [2.24, 2.45) is 5.92 Å². The topological polar surface area (TPSA) is 40.6 Å². The molecule has 1 saturated heterocycles. The normalized spacial score (nSPS) is 16.6. The molecule has 1 unspecified atom stereocenters. The first-order valence-electron chi connectivity index (χ1n) is 9.41. The quantitative estimate of drug-likeness (QED) is 0.728. The van der Waals surface area contributed by atoms with Crippen molar-refractivity contribution in [1.82, 2.24) is 9.80 Å². The average molecular weight is 385 g/mol. The molecule has 1 aliphatic heterocycles. The number of benzene rings is 2. The van der Waals surface area contributed by atoms with Crippen LogP contribution in [0.1, 0.15) is 24.5 Å². The average Bonchev–Trinajstić information content (AvgIpc) is 3.06. The Bertz CT molecular complexity index is 777. The third-order valence-electron chi connectivity index (χ3n) is 5.06. The molecule has 142 valence electrons. The van der Waals surface area contributed by atoms with Crippen molar-refractivity contribution in [2.75, 3.05) is 19.6 Å². The van der Waals surface area contributed by atoms with E-state index in [1.54, 1.807) is 0 Å². The van der Waals surface area contributed by atoms with E-state index in [2.05, 4.69) is 0 Å². The van der Waals surface area contributed by atoms with Gasteiger partial charge in [0.2, 0.25) is 11.8 Å². The Balaban J connectivity index is 1.56. The third-order valence-corrected chi connectivity index (χ3v) is 5.31. The number of halogens is 1. The fraction of sp³-hybridized carbons (Fsp3) is 0.364. The van der Waals surface area contributed by atoms with Crippen LogP contribution in [0.15, 0.2) is 54.6 Å². The molecule has 1 aliphatic rings. The lowest BCUT2D eigenvalue weighted by atomic mass is 10.1. The van der Waals surface area contributed by atoms with Gasteiger partial charge in [-0.2, -0.15) is 0 Å². The van der Waals surface area contributed by atoms with Crippen molar-refractivity contribution < 1.29 is 9.59 Å². The minimum atomic E-state index is -0.244. The molecule has 0 aromatic heterocycles. The van der Waals surface area contributed by atoms with E-state index < -0.39 is 0 Å². The summed E-state index contributed by atoms with van der Waals surface area (Å²) >= 11 is 5.91. The Labute approximate surface area is 165 Å². The molecular weight excluding hydrogens is 360 g/mol. The zero-order valence-corrected chi connectivity index (χ0v) is 16.4. The summed E-state index contributed by atoms with van der Waals surface area (Å²) < 4.78 is 0. The molecule has 1 atom stereocenters. The van der Waals surface area contributed by atoms with Gasteiger partial charge < -0.3 is 9.80 Å². The second kappa shape index (κ2) is 9.05. The van der Waals surface area contributed by atoms with Gasteiger partial charge in [0.05, 0.1) is 5.92 Å². The van der Waals surface area contributed by atoms with Gasteiger partial charge in [-0.05, 0) is 36.6 Å². The standard InChI is InChI=1S/C22H25ClN2O2/c1-2-24(15-18-6-4-3-5-7-18)22(27)19-14-21(26)25(16-19)13-12-17-8-10-20(23)11-9-17/h3-11,19H,2,12-16H2,1H3. The van der Waals surface area contributed by atoms with Crippen molar-refractivity contribution in [2.45, 2.75) is 26.3 Å². The minimum absolute atomic E-state index is 0.0677. The van der Waals surface area contributed by atoms with Gasteiger partial charge in [-0.25, -0.2) is 0 Å². The van der Waals surface area contributed by atoms with Gasteiger partial charge in [0.25, 0.3) is 0 Å². The monoisotopic (exact) mass is 384 g/mol. The Kier molecular flexibility index (Phi) is 6.51. The number of rotatable bonds is 7. The van der Waals surface area contributed by atoms with E-state index in [0.29, 0.717) is 37.6 Å². The van der Waals surface area contributed by atoms with E-state index in [1.807, 2.05) is 71.3 Å². The molecule has 0 bridgehead atoms. The largest absolute Gasteiger partial charge is 0.342 e. The fourth-order valence-electron chi connectivity index (χ4n) is 3.48. The van der Waals surface area contributed by atoms with Crippen LogP contribution in [0.4, 0.5) is 0 Å². The van der Waals surface area contributed by atoms with Gasteiger partial charge in [0.1, 0.15) is 0 Å². The molecule has 0 radical (unpaired) electrons. The molecule has 2 aromatic rings. The van der Waals surface area contributed by atoms with Crippen molar-refractivity contribution in [3.05, 3.63) is 70.7 Å². The van der Waals surface area contributed by atoms with Crippen molar-refractivity contribution in [3.8, 4) is 0 Å². The van der Waals surface area contributed by atoms with Crippen molar-refractivity contribution >= 4 is 23.4 Å². The summed E-state index contributed by atoms with van der Waals surface area (Å²) in [7, 11) is 0. The van der Waals surface area contributed by atoms with Crippen LogP contribution >= 0.6 is 11.6 Å². The molecular formula is C22H25ClN2O2. The number of amides is 2. The number of carbonyl (C=O) groups is 2. The zero-order valence-electron chi connectivity index (χ0n) is 15.6. The van der Waals surface area contributed by atoms with Crippen LogP contribution in [0.5, 0.6) is 0 Å². The molecule has 0 saturated carbocycles. The van der Waals surface area contributed by atoms with E-state index in [-0.39, 0.29) is 17.7 Å². The first kappa shape index (κ1) is 19.4. The Morgan fingerprint density at radius 3 is 2.48 bits per heavy atom. The van der Waals surface area contributed by atoms with Gasteiger partial charge in [0.15, 0.2) is 0 Å². The summed E-state index contributed by atoms with van der Waals surface area (Å²) in [6, 6.07) is 17.6. The van der Waals surface area contributed by atoms with Crippen molar-refractivity contribution in [1.29, 1.82) is 0 Å². The van der Waals surface area contributed by atoms with E-state index in [9.17, 15) is 9.59 Å². The molecule has 0 spiro atoms. The molecule has 27 heavy (non-hydrogen) atoms. The van der Waals surface area contributed by atoms with Crippen LogP contribution in [0.25, 0.3) is 0 Å². The molecule has 4 nitrogen and oxygen atoms in total. The lowest BCUT2D eigenvalue weighted by Gasteiger charge is -2.24. The summed E-state index contributed by atoms with van der Waals surface area (Å²) in [5, 5.41) is 0.708. The van der Waals surface area contributed by atoms with E-state index in [0.717, 1.165) is 17.5 Å². The summed E-state index contributed by atoms with van der Waals surface area (Å²) in [6.45, 7) is 4.36. The molecule has 0 aliphatic carbocycles. The molecule has 1 heterocycles. The number of carbonyl (C=O) groups excluding carboxylic acids is 2. The minimum Gasteiger partial charge on any atom is -0.342 e. The maximum Gasteiger partial charge on any atom is 0.228 e. The van der Waals surface area contributed by atoms with Gasteiger partial charge in [0, 0.05) is 37.6 Å². The Morgan fingerprint density at radius 1 is 1.11 bits per heavy atom. The highest BCUT2D eigenvalue weighted by Gasteiger charge is 2.35. The zero-order chi connectivity index (χ0) is 19.2. The molecule has 2 amide bonds. The number of nitrogens with zero attached hydrogens (tertiary/aromatic N) is 2. The van der Waals surface area contributed by atoms with E-state index in [1.165, 1.54) is 0 Å². The van der Waals surface area contributed by atoms with E-state index >= 15 is 0 Å². The highest BCUT2D eigenvalue weighted by molar-refractivity contribution is 6.30. The summed E-state index contributed by atoms with van der Waals surface area (Å²) in [4.78, 5) is 28.9. The maximum absolute atomic E-state index is 12.9. The molecule has 0 N–H and O–H groups in total. The molecule has 1 fully saturated rings. The second-order valence-corrected chi connectivity index (χ2v) is 7.39. The Hall–Kier alpha value is -2.33. The SMILES string of the molecule is CCN(Cc1ccccc1)C(=O)C1CC(=O)N(CCc2ccc(Cl)cc2)C1. The van der Waals surface area contributed by atoms with Gasteiger partial charge in [-0.1, -0.05) is 54.1 Å². The van der Waals surface area contributed by atoms with Crippen LogP contribution in [-0.4, -0.2) is 41.2 Å². The highest BCUT2D eigenvalue weighted by atomic mass is 35.5. The van der Waals surface area contributed by atoms with Crippen LogP contribution in [-0.2, 0) is 22.6 Å². The number of likely N-dealkylation sites (tertiary alicyclic amines) is 1. The third kappa shape index (κ3) is 5.10. The first-order chi connectivity index (χ1) is 13.1. The summed E-state index contributed by atoms with van der Waals surface area (Å²) in [5.41, 5.74) is 2.25. The molecule has 2 aromatic carbocycles. The summed E-state index contributed by atoms with van der Waals surface area (Å²) in [6.07, 6.45) is 1.08. The first-order valence-corrected chi connectivity index (χ1v) is 9.79. The fourth-order valence-corrected chi connectivity index (χ4v) is 3.60. The predicted molar refractivity (Wildman–Crippen MR) is 107 cm³/mol. The second-order valence-electron chi connectivity index (χ2n) is 6.96. The van der Waals surface area contributed by atoms with Gasteiger partial charge in [-0.3, -0.25) is 9.59 Å². The van der Waals surface area contributed by atoms with Crippen molar-refractivity contribution in [3.63, 3.8) is 0 Å². The van der Waals surface area contributed by atoms with Crippen LogP contribution in [0.2, 0.25) is 5.02 Å². The maximum atomic E-state index is 12.9. The van der Waals surface area contributed by atoms with E-state index in [4.69, 9.17) is 11.6 Å². The molecule has 5 heteroatoms. The van der Waals surface area contributed by atoms with Gasteiger partial charge >= 0.3 is 0 Å². The highest BCUT2D eigenvalue weighted by Crippen LogP contribution is 2.22.